The third-order valence-corrected chi connectivity index (χ3v) is 4.14. The second kappa shape index (κ2) is 8.25. The van der Waals surface area contributed by atoms with Crippen LogP contribution in [0.4, 0.5) is 10.1 Å². The Morgan fingerprint density at radius 3 is 2.35 bits per heavy atom. The van der Waals surface area contributed by atoms with Gasteiger partial charge in [-0.25, -0.2) is 4.39 Å². The van der Waals surface area contributed by atoms with E-state index in [0.29, 0.717) is 0 Å². The predicted molar refractivity (Wildman–Crippen MR) is 83.8 cm³/mol. The van der Waals surface area contributed by atoms with Gasteiger partial charge in [-0.1, -0.05) is 44.7 Å². The summed E-state index contributed by atoms with van der Waals surface area (Å²) in [6.07, 6.45) is 6.69. The Hall–Kier alpha value is -1.09. The highest BCUT2D eigenvalue weighted by atomic mass is 19.1. The molecule has 0 aliphatic carbocycles. The molecule has 0 unspecified atom stereocenters. The first-order chi connectivity index (χ1) is 9.81. The number of nitrogens with zero attached hydrogens (tertiary/aromatic N) is 2. The molecule has 1 aromatic carbocycles. The molecule has 2 nitrogen and oxygen atoms in total. The van der Waals surface area contributed by atoms with E-state index in [1.54, 1.807) is 12.1 Å². The zero-order chi connectivity index (χ0) is 14.2. The maximum Gasteiger partial charge on any atom is 0.146 e. The van der Waals surface area contributed by atoms with Crippen LogP contribution < -0.4 is 4.90 Å². The Labute approximate surface area is 122 Å². The molecule has 0 radical (unpaired) electrons. The van der Waals surface area contributed by atoms with Crippen molar-refractivity contribution in [2.24, 2.45) is 0 Å². The van der Waals surface area contributed by atoms with Crippen molar-refractivity contribution in [1.82, 2.24) is 4.90 Å². The molecule has 0 atom stereocenters. The summed E-state index contributed by atoms with van der Waals surface area (Å²) in [5.41, 5.74) is 0.759. The second-order valence-corrected chi connectivity index (χ2v) is 5.69. The number of unbranched alkanes of at least 4 members (excludes halogenated alkanes) is 4. The van der Waals surface area contributed by atoms with Crippen LogP contribution in [0.3, 0.4) is 0 Å². The smallest absolute Gasteiger partial charge is 0.146 e. The number of hydrogen-bond acceptors (Lipinski definition) is 2. The molecule has 1 aliphatic rings. The lowest BCUT2D eigenvalue weighted by Crippen LogP contribution is -2.46. The Balaban J connectivity index is 1.69. The van der Waals surface area contributed by atoms with E-state index in [9.17, 15) is 4.39 Å². The van der Waals surface area contributed by atoms with Crippen molar-refractivity contribution in [3.63, 3.8) is 0 Å². The molecule has 112 valence electrons. The highest BCUT2D eigenvalue weighted by Crippen LogP contribution is 2.20. The standard InChI is InChI=1S/C17H27FN2/c1-2-3-4-5-8-11-19-12-14-20(15-13-19)17-10-7-6-9-16(17)18/h6-7,9-10H,2-5,8,11-15H2,1H3. The first-order valence-corrected chi connectivity index (χ1v) is 8.03. The van der Waals surface area contributed by atoms with E-state index < -0.39 is 0 Å². The molecule has 1 aliphatic heterocycles. The lowest BCUT2D eigenvalue weighted by Gasteiger charge is -2.36. The number of rotatable bonds is 7. The molecule has 0 amide bonds. The van der Waals surface area contributed by atoms with Gasteiger partial charge in [0.25, 0.3) is 0 Å². The summed E-state index contributed by atoms with van der Waals surface area (Å²) in [7, 11) is 0. The van der Waals surface area contributed by atoms with Gasteiger partial charge in [0.1, 0.15) is 5.82 Å². The fourth-order valence-corrected chi connectivity index (χ4v) is 2.86. The van der Waals surface area contributed by atoms with E-state index in [0.717, 1.165) is 31.9 Å². The molecular weight excluding hydrogens is 251 g/mol. The van der Waals surface area contributed by atoms with Crippen LogP contribution in [0.15, 0.2) is 24.3 Å². The molecule has 1 heterocycles. The topological polar surface area (TPSA) is 6.48 Å². The monoisotopic (exact) mass is 278 g/mol. The predicted octanol–water partition coefficient (Wildman–Crippen LogP) is 3.92. The summed E-state index contributed by atoms with van der Waals surface area (Å²) < 4.78 is 13.7. The molecule has 3 heteroatoms. The van der Waals surface area contributed by atoms with E-state index in [2.05, 4.69) is 16.7 Å². The van der Waals surface area contributed by atoms with E-state index in [1.165, 1.54) is 38.6 Å². The fraction of sp³-hybridized carbons (Fsp3) is 0.647. The van der Waals surface area contributed by atoms with Crippen molar-refractivity contribution < 1.29 is 4.39 Å². The van der Waals surface area contributed by atoms with E-state index in [4.69, 9.17) is 0 Å². The Kier molecular flexibility index (Phi) is 6.31. The molecule has 0 N–H and O–H groups in total. The minimum Gasteiger partial charge on any atom is -0.367 e. The molecule has 0 spiro atoms. The molecule has 1 aromatic rings. The van der Waals surface area contributed by atoms with Gasteiger partial charge in [0, 0.05) is 26.2 Å². The normalized spacial score (nSPS) is 16.6. The lowest BCUT2D eigenvalue weighted by molar-refractivity contribution is 0.251. The first-order valence-electron chi connectivity index (χ1n) is 8.03. The zero-order valence-electron chi connectivity index (χ0n) is 12.7. The van der Waals surface area contributed by atoms with Gasteiger partial charge in [0.05, 0.1) is 5.69 Å². The number of para-hydroxylation sites is 1. The maximum atomic E-state index is 13.7. The Bertz CT molecular complexity index is 386. The van der Waals surface area contributed by atoms with E-state index in [1.807, 2.05) is 12.1 Å². The molecule has 1 saturated heterocycles. The Morgan fingerprint density at radius 2 is 1.65 bits per heavy atom. The summed E-state index contributed by atoms with van der Waals surface area (Å²) in [4.78, 5) is 4.69. The number of anilines is 1. The van der Waals surface area contributed by atoms with Crippen LogP contribution >= 0.6 is 0 Å². The van der Waals surface area contributed by atoms with Gasteiger partial charge in [-0.2, -0.15) is 0 Å². The summed E-state index contributed by atoms with van der Waals surface area (Å²) in [6.45, 7) is 7.45. The highest BCUT2D eigenvalue weighted by molar-refractivity contribution is 5.47. The van der Waals surface area contributed by atoms with Crippen molar-refractivity contribution in [3.8, 4) is 0 Å². The number of halogens is 1. The highest BCUT2D eigenvalue weighted by Gasteiger charge is 2.18. The summed E-state index contributed by atoms with van der Waals surface area (Å²) in [5, 5.41) is 0. The van der Waals surface area contributed by atoms with Crippen LogP contribution in [-0.4, -0.2) is 37.6 Å². The molecule has 0 saturated carbocycles. The van der Waals surface area contributed by atoms with Crippen molar-refractivity contribution in [1.29, 1.82) is 0 Å². The Morgan fingerprint density at radius 1 is 0.950 bits per heavy atom. The second-order valence-electron chi connectivity index (χ2n) is 5.69. The quantitative estimate of drug-likeness (QED) is 0.698. The number of hydrogen-bond donors (Lipinski definition) is 0. The molecule has 0 bridgehead atoms. The minimum atomic E-state index is -0.0967. The van der Waals surface area contributed by atoms with Gasteiger partial charge in [-0.15, -0.1) is 0 Å². The SMILES string of the molecule is CCCCCCCN1CCN(c2ccccc2F)CC1. The van der Waals surface area contributed by atoms with Crippen LogP contribution in [0.5, 0.6) is 0 Å². The molecule has 1 fully saturated rings. The van der Waals surface area contributed by atoms with Gasteiger partial charge in [0.2, 0.25) is 0 Å². The average molecular weight is 278 g/mol. The van der Waals surface area contributed by atoms with Gasteiger partial charge >= 0.3 is 0 Å². The zero-order valence-corrected chi connectivity index (χ0v) is 12.7. The van der Waals surface area contributed by atoms with Crippen molar-refractivity contribution in [2.75, 3.05) is 37.6 Å². The van der Waals surface area contributed by atoms with Crippen LogP contribution in [0, 0.1) is 5.82 Å². The third kappa shape index (κ3) is 4.48. The van der Waals surface area contributed by atoms with Gasteiger partial charge < -0.3 is 4.90 Å². The fourth-order valence-electron chi connectivity index (χ4n) is 2.86. The van der Waals surface area contributed by atoms with Gasteiger partial charge in [-0.3, -0.25) is 4.90 Å². The lowest BCUT2D eigenvalue weighted by atomic mass is 10.1. The van der Waals surface area contributed by atoms with E-state index in [-0.39, 0.29) is 5.82 Å². The van der Waals surface area contributed by atoms with E-state index >= 15 is 0 Å². The summed E-state index contributed by atoms with van der Waals surface area (Å²) in [5.74, 6) is -0.0967. The molecule has 20 heavy (non-hydrogen) atoms. The average Bonchev–Trinajstić information content (AvgIpc) is 2.48. The summed E-state index contributed by atoms with van der Waals surface area (Å²) in [6, 6.07) is 7.11. The maximum absolute atomic E-state index is 13.7. The summed E-state index contributed by atoms with van der Waals surface area (Å²) >= 11 is 0. The van der Waals surface area contributed by atoms with Gasteiger partial charge in [0.15, 0.2) is 0 Å². The molecule has 2 rings (SSSR count). The largest absolute Gasteiger partial charge is 0.367 e. The number of piperazine rings is 1. The van der Waals surface area contributed by atoms with Crippen LogP contribution in [-0.2, 0) is 0 Å². The van der Waals surface area contributed by atoms with Crippen molar-refractivity contribution in [3.05, 3.63) is 30.1 Å². The van der Waals surface area contributed by atoms with Crippen LogP contribution in [0.2, 0.25) is 0 Å². The molecule has 0 aromatic heterocycles. The number of benzene rings is 1. The molecular formula is C17H27FN2. The third-order valence-electron chi connectivity index (χ3n) is 4.14. The minimum absolute atomic E-state index is 0.0967. The van der Waals surface area contributed by atoms with Crippen molar-refractivity contribution in [2.45, 2.75) is 39.0 Å². The first kappa shape index (κ1) is 15.3. The van der Waals surface area contributed by atoms with Gasteiger partial charge in [-0.05, 0) is 25.1 Å². The van der Waals surface area contributed by atoms with Crippen LogP contribution in [0.25, 0.3) is 0 Å². The van der Waals surface area contributed by atoms with Crippen molar-refractivity contribution >= 4 is 5.69 Å². The van der Waals surface area contributed by atoms with Crippen LogP contribution in [0.1, 0.15) is 39.0 Å².